The molecule has 0 amide bonds. The van der Waals surface area contributed by atoms with E-state index < -0.39 is 0 Å². The largest absolute Gasteiger partial charge is 0.208 e. The van der Waals surface area contributed by atoms with E-state index >= 15 is 0 Å². The van der Waals surface area contributed by atoms with Crippen LogP contribution in [-0.2, 0) is 11.8 Å². The summed E-state index contributed by atoms with van der Waals surface area (Å²) in [5.41, 5.74) is 18.0. The lowest BCUT2D eigenvalue weighted by atomic mass is 9.82. The van der Waals surface area contributed by atoms with Gasteiger partial charge in [0.15, 0.2) is 17.5 Å². The lowest BCUT2D eigenvalue weighted by Crippen LogP contribution is -2.15. The molecule has 0 spiro atoms. The average molecular weight is 682 g/mol. The van der Waals surface area contributed by atoms with Gasteiger partial charge in [-0.2, -0.15) is 0 Å². The Morgan fingerprint density at radius 3 is 1.58 bits per heavy atom. The molecule has 2 aliphatic rings. The summed E-state index contributed by atoms with van der Waals surface area (Å²) in [5.74, 6) is 2.04. The van der Waals surface area contributed by atoms with Crippen LogP contribution in [0.2, 0.25) is 0 Å². The molecule has 0 saturated heterocycles. The van der Waals surface area contributed by atoms with Crippen LogP contribution >= 0.6 is 0 Å². The number of nitrogens with zero attached hydrogens (tertiary/aromatic N) is 3. The number of hydrogen-bond donors (Lipinski definition) is 0. The number of rotatable bonds is 5. The normalized spacial score (nSPS) is 13.0. The molecule has 0 radical (unpaired) electrons. The summed E-state index contributed by atoms with van der Waals surface area (Å²) in [4.78, 5) is 15.8. The van der Waals surface area contributed by atoms with Crippen molar-refractivity contribution < 1.29 is 0 Å². The molecule has 0 fully saturated rings. The van der Waals surface area contributed by atoms with Crippen LogP contribution in [0.3, 0.4) is 0 Å². The van der Waals surface area contributed by atoms with Gasteiger partial charge in [0.1, 0.15) is 0 Å². The molecule has 0 atom stereocenters. The fourth-order valence-corrected chi connectivity index (χ4v) is 8.40. The third-order valence-electron chi connectivity index (χ3n) is 11.0. The Bertz CT molecular complexity index is 2670. The minimum Gasteiger partial charge on any atom is -0.208 e. The van der Waals surface area contributed by atoms with E-state index in [9.17, 15) is 0 Å². The summed E-state index contributed by atoms with van der Waals surface area (Å²) in [6.45, 7) is 4.63. The predicted octanol–water partition coefficient (Wildman–Crippen LogP) is 12.7. The standard InChI is InChI=1S/C49H35N3.CH4/c1-49(2)44-25-10-9-20-39(44)40-27-26-35(29-45(40)49)47-50-46(34-19-11-18-33(28-34)31-14-5-3-6-15-31)51-48(52-47)41-24-13-23-38-37-22-12-21-36(42(37)30-43(38)41)32-16-7-4-8-17-32;/h3-29H,30H2,1-2H3;1H4. The van der Waals surface area contributed by atoms with Crippen molar-refractivity contribution in [2.75, 3.05) is 0 Å². The van der Waals surface area contributed by atoms with Crippen LogP contribution < -0.4 is 0 Å². The third kappa shape index (κ3) is 5.31. The van der Waals surface area contributed by atoms with E-state index in [-0.39, 0.29) is 12.8 Å². The van der Waals surface area contributed by atoms with Crippen molar-refractivity contribution in [1.29, 1.82) is 0 Å². The maximum absolute atomic E-state index is 5.30. The quantitative estimate of drug-likeness (QED) is 0.181. The summed E-state index contributed by atoms with van der Waals surface area (Å²) >= 11 is 0. The molecule has 8 aromatic rings. The van der Waals surface area contributed by atoms with Crippen LogP contribution in [0.4, 0.5) is 0 Å². The molecule has 254 valence electrons. The SMILES string of the molecule is C.CC1(C)c2ccccc2-c2ccc(-c3nc(-c4cccc(-c5ccccc5)c4)nc(-c4cccc5c4Cc4c(-c6ccccc6)cccc4-5)n3)cc21. The molecule has 3 nitrogen and oxygen atoms in total. The fraction of sp³-hybridized carbons (Fsp3) is 0.100. The second kappa shape index (κ2) is 12.6. The topological polar surface area (TPSA) is 38.7 Å². The van der Waals surface area contributed by atoms with E-state index in [1.807, 2.05) is 6.07 Å². The van der Waals surface area contributed by atoms with Crippen molar-refractivity contribution >= 4 is 0 Å². The number of hydrogen-bond acceptors (Lipinski definition) is 3. The predicted molar refractivity (Wildman–Crippen MR) is 220 cm³/mol. The summed E-state index contributed by atoms with van der Waals surface area (Å²) in [6, 6.07) is 58.4. The second-order valence-electron chi connectivity index (χ2n) is 14.4. The van der Waals surface area contributed by atoms with Gasteiger partial charge in [-0.05, 0) is 78.9 Å². The molecule has 0 saturated carbocycles. The molecule has 1 aromatic heterocycles. The lowest BCUT2D eigenvalue weighted by molar-refractivity contribution is 0.660. The van der Waals surface area contributed by atoms with Gasteiger partial charge in [-0.3, -0.25) is 0 Å². The summed E-state index contributed by atoms with van der Waals surface area (Å²) in [6.07, 6.45) is 0.817. The molecule has 0 aliphatic heterocycles. The van der Waals surface area contributed by atoms with E-state index in [1.165, 1.54) is 55.6 Å². The van der Waals surface area contributed by atoms with Crippen molar-refractivity contribution in [2.24, 2.45) is 0 Å². The van der Waals surface area contributed by atoms with Gasteiger partial charge in [-0.25, -0.2) is 15.0 Å². The van der Waals surface area contributed by atoms with Crippen molar-refractivity contribution in [2.45, 2.75) is 33.1 Å². The van der Waals surface area contributed by atoms with Crippen LogP contribution in [0.1, 0.15) is 43.5 Å². The molecular formula is C50H39N3. The molecule has 1 heterocycles. The Morgan fingerprint density at radius 1 is 0.358 bits per heavy atom. The zero-order valence-corrected chi connectivity index (χ0v) is 29.1. The van der Waals surface area contributed by atoms with Gasteiger partial charge in [-0.15, -0.1) is 0 Å². The van der Waals surface area contributed by atoms with Crippen LogP contribution in [0.15, 0.2) is 164 Å². The highest BCUT2D eigenvalue weighted by Crippen LogP contribution is 2.50. The molecule has 53 heavy (non-hydrogen) atoms. The van der Waals surface area contributed by atoms with Crippen LogP contribution in [0.25, 0.3) is 78.7 Å². The highest BCUT2D eigenvalue weighted by molar-refractivity contribution is 5.89. The first kappa shape index (κ1) is 32.5. The van der Waals surface area contributed by atoms with E-state index in [1.54, 1.807) is 0 Å². The van der Waals surface area contributed by atoms with Gasteiger partial charge in [0.2, 0.25) is 0 Å². The molecule has 2 aliphatic carbocycles. The third-order valence-corrected chi connectivity index (χ3v) is 11.0. The average Bonchev–Trinajstić information content (AvgIpc) is 3.70. The van der Waals surface area contributed by atoms with Crippen molar-refractivity contribution in [3.8, 4) is 78.7 Å². The Hall–Kier alpha value is -6.45. The molecule has 3 heteroatoms. The smallest absolute Gasteiger partial charge is 0.164 e. The van der Waals surface area contributed by atoms with Gasteiger partial charge in [0.05, 0.1) is 0 Å². The van der Waals surface area contributed by atoms with Gasteiger partial charge in [0, 0.05) is 28.5 Å². The Balaban J connectivity index is 0.00000372. The van der Waals surface area contributed by atoms with E-state index in [0.717, 1.165) is 34.2 Å². The number of benzene rings is 7. The maximum atomic E-state index is 5.30. The monoisotopic (exact) mass is 681 g/mol. The molecule has 10 rings (SSSR count). The fourth-order valence-electron chi connectivity index (χ4n) is 8.40. The first-order valence-electron chi connectivity index (χ1n) is 18.0. The van der Waals surface area contributed by atoms with Gasteiger partial charge >= 0.3 is 0 Å². The minimum atomic E-state index is -0.132. The maximum Gasteiger partial charge on any atom is 0.164 e. The second-order valence-corrected chi connectivity index (χ2v) is 14.4. The summed E-state index contributed by atoms with van der Waals surface area (Å²) in [5, 5.41) is 0. The minimum absolute atomic E-state index is 0. The van der Waals surface area contributed by atoms with Gasteiger partial charge < -0.3 is 0 Å². The van der Waals surface area contributed by atoms with Crippen LogP contribution in [0.5, 0.6) is 0 Å². The lowest BCUT2D eigenvalue weighted by Gasteiger charge is -2.21. The number of aromatic nitrogens is 3. The molecule has 0 unspecified atom stereocenters. The van der Waals surface area contributed by atoms with Crippen LogP contribution in [-0.4, -0.2) is 15.0 Å². The molecule has 0 bridgehead atoms. The molecular weight excluding hydrogens is 643 g/mol. The zero-order chi connectivity index (χ0) is 34.8. The van der Waals surface area contributed by atoms with Crippen molar-refractivity contribution in [1.82, 2.24) is 15.0 Å². The van der Waals surface area contributed by atoms with Crippen LogP contribution in [0, 0.1) is 0 Å². The van der Waals surface area contributed by atoms with Gasteiger partial charge in [-0.1, -0.05) is 173 Å². The van der Waals surface area contributed by atoms with E-state index in [2.05, 4.69) is 172 Å². The van der Waals surface area contributed by atoms with Gasteiger partial charge in [0.25, 0.3) is 0 Å². The first-order chi connectivity index (χ1) is 25.5. The highest BCUT2D eigenvalue weighted by Gasteiger charge is 2.35. The van der Waals surface area contributed by atoms with Crippen molar-refractivity contribution in [3.05, 3.63) is 186 Å². The summed E-state index contributed by atoms with van der Waals surface area (Å²) < 4.78 is 0. The Morgan fingerprint density at radius 2 is 0.849 bits per heavy atom. The van der Waals surface area contributed by atoms with Crippen molar-refractivity contribution in [3.63, 3.8) is 0 Å². The zero-order valence-electron chi connectivity index (χ0n) is 29.1. The Kier molecular flexibility index (Phi) is 7.74. The molecule has 7 aromatic carbocycles. The van der Waals surface area contributed by atoms with E-state index in [4.69, 9.17) is 15.0 Å². The molecule has 0 N–H and O–H groups in total. The summed E-state index contributed by atoms with van der Waals surface area (Å²) in [7, 11) is 0. The highest BCUT2D eigenvalue weighted by atomic mass is 15.0. The first-order valence-corrected chi connectivity index (χ1v) is 18.0. The Labute approximate surface area is 311 Å². The number of fused-ring (bicyclic) bond motifs is 6. The van der Waals surface area contributed by atoms with E-state index in [0.29, 0.717) is 17.5 Å².